The molecule has 8 heteroatoms. The van der Waals surface area contributed by atoms with Gasteiger partial charge in [0.15, 0.2) is 5.82 Å². The van der Waals surface area contributed by atoms with Crippen LogP contribution in [-0.2, 0) is 11.3 Å². The van der Waals surface area contributed by atoms with Gasteiger partial charge in [-0.2, -0.15) is 4.98 Å². The number of hydrogen-bond donors (Lipinski definition) is 1. The number of halogens is 2. The highest BCUT2D eigenvalue weighted by molar-refractivity contribution is 5.98. The lowest BCUT2D eigenvalue weighted by Gasteiger charge is -2.20. The Balaban J connectivity index is 1.50. The van der Waals surface area contributed by atoms with Gasteiger partial charge in [-0.1, -0.05) is 17.3 Å². The van der Waals surface area contributed by atoms with Gasteiger partial charge in [-0.25, -0.2) is 8.78 Å². The Kier molecular flexibility index (Phi) is 4.53. The molecule has 1 N–H and O–H groups in total. The van der Waals surface area contributed by atoms with Crippen molar-refractivity contribution in [2.24, 2.45) is 0 Å². The predicted molar refractivity (Wildman–Crippen MR) is 95.0 cm³/mol. The average Bonchev–Trinajstić information content (AvgIpc) is 3.29. The fraction of sp³-hybridized carbons (Fsp3) is 0.211. The van der Waals surface area contributed by atoms with Crippen LogP contribution in [0, 0.1) is 11.6 Å². The minimum Gasteiger partial charge on any atom is -0.376 e. The van der Waals surface area contributed by atoms with Crippen molar-refractivity contribution in [2.45, 2.75) is 19.4 Å². The van der Waals surface area contributed by atoms with E-state index in [1.54, 1.807) is 4.90 Å². The Morgan fingerprint density at radius 3 is 2.81 bits per heavy atom. The molecule has 3 aromatic rings. The van der Waals surface area contributed by atoms with E-state index in [1.165, 1.54) is 6.07 Å². The molecular formula is C19H16F2N4O2. The van der Waals surface area contributed by atoms with Crippen molar-refractivity contribution < 1.29 is 18.1 Å². The number of para-hydroxylation sites is 2. The molecule has 6 nitrogen and oxygen atoms in total. The highest BCUT2D eigenvalue weighted by atomic mass is 19.1. The van der Waals surface area contributed by atoms with E-state index in [0.717, 1.165) is 29.9 Å². The predicted octanol–water partition coefficient (Wildman–Crippen LogP) is 3.75. The van der Waals surface area contributed by atoms with Crippen molar-refractivity contribution >= 4 is 17.3 Å². The molecule has 4 rings (SSSR count). The molecule has 1 fully saturated rings. The lowest BCUT2D eigenvalue weighted by atomic mass is 10.2. The summed E-state index contributed by atoms with van der Waals surface area (Å²) in [4.78, 5) is 17.9. The van der Waals surface area contributed by atoms with Gasteiger partial charge in [0, 0.05) is 19.0 Å². The van der Waals surface area contributed by atoms with Crippen molar-refractivity contribution in [3.05, 3.63) is 59.9 Å². The second-order valence-corrected chi connectivity index (χ2v) is 6.16. The van der Waals surface area contributed by atoms with Crippen molar-refractivity contribution in [2.75, 3.05) is 16.8 Å². The van der Waals surface area contributed by atoms with Crippen LogP contribution in [0.3, 0.4) is 0 Å². The lowest BCUT2D eigenvalue weighted by Crippen LogP contribution is -2.24. The summed E-state index contributed by atoms with van der Waals surface area (Å²) in [5, 5.41) is 7.01. The van der Waals surface area contributed by atoms with Gasteiger partial charge in [0.1, 0.15) is 11.6 Å². The minimum atomic E-state index is -0.768. The molecule has 2 heterocycles. The van der Waals surface area contributed by atoms with Gasteiger partial charge in [-0.15, -0.1) is 0 Å². The SMILES string of the molecule is O=C1CCCN1c1ccccc1NCc1noc(-c2ccc(F)cc2F)n1. The number of amides is 1. The fourth-order valence-electron chi connectivity index (χ4n) is 3.03. The zero-order valence-electron chi connectivity index (χ0n) is 14.3. The summed E-state index contributed by atoms with van der Waals surface area (Å²) < 4.78 is 31.9. The molecule has 0 aliphatic carbocycles. The smallest absolute Gasteiger partial charge is 0.260 e. The van der Waals surface area contributed by atoms with Crippen molar-refractivity contribution in [3.8, 4) is 11.5 Å². The second kappa shape index (κ2) is 7.14. The van der Waals surface area contributed by atoms with E-state index in [2.05, 4.69) is 15.5 Å². The fourth-order valence-corrected chi connectivity index (χ4v) is 3.03. The van der Waals surface area contributed by atoms with Crippen LogP contribution in [0.2, 0.25) is 0 Å². The van der Waals surface area contributed by atoms with Gasteiger partial charge in [0.25, 0.3) is 5.89 Å². The largest absolute Gasteiger partial charge is 0.376 e. The van der Waals surface area contributed by atoms with Crippen LogP contribution in [0.15, 0.2) is 47.0 Å². The molecule has 1 amide bonds. The maximum absolute atomic E-state index is 13.8. The molecule has 0 spiro atoms. The maximum atomic E-state index is 13.8. The van der Waals surface area contributed by atoms with E-state index in [-0.39, 0.29) is 23.9 Å². The van der Waals surface area contributed by atoms with Crippen LogP contribution in [0.25, 0.3) is 11.5 Å². The summed E-state index contributed by atoms with van der Waals surface area (Å²) in [5.74, 6) is -1.05. The molecule has 2 aromatic carbocycles. The normalized spacial score (nSPS) is 14.0. The highest BCUT2D eigenvalue weighted by Crippen LogP contribution is 2.29. The van der Waals surface area contributed by atoms with Crippen LogP contribution in [0.5, 0.6) is 0 Å². The molecule has 0 bridgehead atoms. The molecule has 1 aliphatic rings. The quantitative estimate of drug-likeness (QED) is 0.741. The molecule has 1 aromatic heterocycles. The van der Waals surface area contributed by atoms with Crippen LogP contribution in [0.4, 0.5) is 20.2 Å². The summed E-state index contributed by atoms with van der Waals surface area (Å²) in [6, 6.07) is 10.6. The van der Waals surface area contributed by atoms with Crippen LogP contribution < -0.4 is 10.2 Å². The highest BCUT2D eigenvalue weighted by Gasteiger charge is 2.23. The number of hydrogen-bond acceptors (Lipinski definition) is 5. The van der Waals surface area contributed by atoms with Crippen LogP contribution in [-0.4, -0.2) is 22.6 Å². The minimum absolute atomic E-state index is 0.0210. The molecule has 27 heavy (non-hydrogen) atoms. The number of aromatic nitrogens is 2. The van der Waals surface area contributed by atoms with E-state index in [1.807, 2.05) is 24.3 Å². The number of anilines is 2. The Hall–Kier alpha value is -3.29. The van der Waals surface area contributed by atoms with E-state index in [9.17, 15) is 13.6 Å². The Morgan fingerprint density at radius 1 is 1.19 bits per heavy atom. The van der Waals surface area contributed by atoms with Gasteiger partial charge in [0.05, 0.1) is 23.5 Å². The Bertz CT molecular complexity index is 989. The third-order valence-corrected chi connectivity index (χ3v) is 4.33. The first-order valence-corrected chi connectivity index (χ1v) is 8.53. The third-order valence-electron chi connectivity index (χ3n) is 4.33. The van der Waals surface area contributed by atoms with E-state index < -0.39 is 11.6 Å². The summed E-state index contributed by atoms with van der Waals surface area (Å²) in [7, 11) is 0. The van der Waals surface area contributed by atoms with Crippen molar-refractivity contribution in [3.63, 3.8) is 0 Å². The number of nitrogens with one attached hydrogen (secondary N) is 1. The molecule has 0 unspecified atom stereocenters. The Labute approximate surface area is 153 Å². The maximum Gasteiger partial charge on any atom is 0.260 e. The topological polar surface area (TPSA) is 71.3 Å². The molecule has 1 aliphatic heterocycles. The monoisotopic (exact) mass is 370 g/mol. The van der Waals surface area contributed by atoms with Crippen molar-refractivity contribution in [1.29, 1.82) is 0 Å². The van der Waals surface area contributed by atoms with Gasteiger partial charge in [-0.3, -0.25) is 4.79 Å². The summed E-state index contributed by atoms with van der Waals surface area (Å²) in [5.41, 5.74) is 1.61. The standard InChI is InChI=1S/C19H16F2N4O2/c20-12-7-8-13(14(21)10-12)19-23-17(24-27-19)11-22-15-4-1-2-5-16(15)25-9-3-6-18(25)26/h1-2,4-5,7-8,10,22H,3,6,9,11H2. The van der Waals surface area contributed by atoms with Gasteiger partial charge < -0.3 is 14.7 Å². The number of nitrogens with zero attached hydrogens (tertiary/aromatic N) is 3. The van der Waals surface area contributed by atoms with E-state index in [4.69, 9.17) is 4.52 Å². The molecule has 0 atom stereocenters. The van der Waals surface area contributed by atoms with Gasteiger partial charge in [0.2, 0.25) is 5.91 Å². The molecular weight excluding hydrogens is 354 g/mol. The zero-order chi connectivity index (χ0) is 18.8. The van der Waals surface area contributed by atoms with E-state index >= 15 is 0 Å². The first kappa shape index (κ1) is 17.1. The zero-order valence-corrected chi connectivity index (χ0v) is 14.3. The molecule has 0 saturated carbocycles. The molecule has 138 valence electrons. The van der Waals surface area contributed by atoms with E-state index in [0.29, 0.717) is 18.8 Å². The van der Waals surface area contributed by atoms with Crippen molar-refractivity contribution in [1.82, 2.24) is 10.1 Å². The summed E-state index contributed by atoms with van der Waals surface area (Å²) in [6.45, 7) is 0.916. The lowest BCUT2D eigenvalue weighted by molar-refractivity contribution is -0.117. The van der Waals surface area contributed by atoms with Crippen LogP contribution >= 0.6 is 0 Å². The Morgan fingerprint density at radius 2 is 2.04 bits per heavy atom. The number of carbonyl (C=O) groups is 1. The summed E-state index contributed by atoms with van der Waals surface area (Å²) >= 11 is 0. The molecule has 0 radical (unpaired) electrons. The van der Waals surface area contributed by atoms with Crippen LogP contribution in [0.1, 0.15) is 18.7 Å². The number of benzene rings is 2. The van der Waals surface area contributed by atoms with Gasteiger partial charge in [-0.05, 0) is 30.7 Å². The molecule has 1 saturated heterocycles. The summed E-state index contributed by atoms with van der Waals surface area (Å²) in [6.07, 6.45) is 1.39. The first-order valence-electron chi connectivity index (χ1n) is 8.53. The average molecular weight is 370 g/mol. The number of rotatable bonds is 5. The first-order chi connectivity index (χ1) is 13.1. The van der Waals surface area contributed by atoms with Gasteiger partial charge >= 0.3 is 0 Å². The third kappa shape index (κ3) is 3.51. The number of carbonyl (C=O) groups excluding carboxylic acids is 1. The second-order valence-electron chi connectivity index (χ2n) is 6.16.